The van der Waals surface area contributed by atoms with Crippen molar-refractivity contribution in [1.29, 1.82) is 0 Å². The van der Waals surface area contributed by atoms with Crippen LogP contribution in [0.2, 0.25) is 0 Å². The maximum Gasteiger partial charge on any atom is 0.170 e. The molecule has 0 saturated carbocycles. The summed E-state index contributed by atoms with van der Waals surface area (Å²) in [7, 11) is 0. The molecule has 2 rings (SSSR count). The molecular weight excluding hydrogens is 296 g/mol. The van der Waals surface area contributed by atoms with Crippen molar-refractivity contribution in [3.63, 3.8) is 0 Å². The van der Waals surface area contributed by atoms with Gasteiger partial charge in [-0.15, -0.1) is 22.7 Å². The fourth-order valence-electron chi connectivity index (χ4n) is 2.66. The smallest absolute Gasteiger partial charge is 0.170 e. The molecule has 0 saturated heterocycles. The summed E-state index contributed by atoms with van der Waals surface area (Å²) in [5.74, 6) is 0.186. The molecule has 0 unspecified atom stereocenters. The van der Waals surface area contributed by atoms with E-state index in [-0.39, 0.29) is 16.6 Å². The van der Waals surface area contributed by atoms with Crippen molar-refractivity contribution < 1.29 is 4.79 Å². The first-order valence-corrected chi connectivity index (χ1v) is 9.13. The number of carbonyl (C=O) groups excluding carboxylic acids is 1. The third kappa shape index (κ3) is 3.64. The van der Waals surface area contributed by atoms with Crippen molar-refractivity contribution in [2.24, 2.45) is 0 Å². The standard InChI is InChI=1S/C18H24OS2/c1-13(19)16-14(8-12-21-16)17(2,3)9-10-18(4,5)15-7-6-11-20-15/h6-8,11-12H,9-10H2,1-5H3. The molecule has 0 aliphatic carbocycles. The Morgan fingerprint density at radius 1 is 1.00 bits per heavy atom. The molecule has 0 aromatic carbocycles. The lowest BCUT2D eigenvalue weighted by molar-refractivity contribution is 0.101. The largest absolute Gasteiger partial charge is 0.294 e. The molecule has 1 nitrogen and oxygen atoms in total. The highest BCUT2D eigenvalue weighted by Crippen LogP contribution is 2.39. The lowest BCUT2D eigenvalue weighted by Crippen LogP contribution is -2.24. The summed E-state index contributed by atoms with van der Waals surface area (Å²) in [6, 6.07) is 6.47. The summed E-state index contributed by atoms with van der Waals surface area (Å²) in [6.07, 6.45) is 2.20. The molecule has 0 amide bonds. The molecule has 0 aliphatic heterocycles. The number of hydrogen-bond donors (Lipinski definition) is 0. The lowest BCUT2D eigenvalue weighted by atomic mass is 9.74. The Bertz CT molecular complexity index is 603. The fourth-order valence-corrected chi connectivity index (χ4v) is 4.52. The number of rotatable bonds is 6. The minimum atomic E-state index is 0.0372. The van der Waals surface area contributed by atoms with Gasteiger partial charge in [-0.05, 0) is 59.1 Å². The van der Waals surface area contributed by atoms with E-state index in [0.29, 0.717) is 0 Å². The van der Waals surface area contributed by atoms with Gasteiger partial charge >= 0.3 is 0 Å². The molecule has 0 atom stereocenters. The van der Waals surface area contributed by atoms with Gasteiger partial charge in [0.25, 0.3) is 0 Å². The molecule has 0 radical (unpaired) electrons. The van der Waals surface area contributed by atoms with Gasteiger partial charge in [-0.2, -0.15) is 0 Å². The van der Waals surface area contributed by atoms with Gasteiger partial charge in [0.2, 0.25) is 0 Å². The summed E-state index contributed by atoms with van der Waals surface area (Å²) in [4.78, 5) is 14.1. The Kier molecular flexibility index (Phi) is 4.74. The molecule has 0 aliphatic rings. The maximum atomic E-state index is 11.8. The summed E-state index contributed by atoms with van der Waals surface area (Å²) in [5, 5.41) is 4.19. The van der Waals surface area contributed by atoms with Gasteiger partial charge < -0.3 is 0 Å². The molecule has 2 heterocycles. The third-order valence-corrected chi connectivity index (χ3v) is 6.53. The zero-order chi connectivity index (χ0) is 15.7. The first-order valence-electron chi connectivity index (χ1n) is 7.37. The average Bonchev–Trinajstić information content (AvgIpc) is 3.07. The second-order valence-electron chi connectivity index (χ2n) is 6.96. The van der Waals surface area contributed by atoms with E-state index in [1.54, 1.807) is 18.3 Å². The van der Waals surface area contributed by atoms with Crippen molar-refractivity contribution in [1.82, 2.24) is 0 Å². The average molecular weight is 321 g/mol. The Morgan fingerprint density at radius 2 is 1.67 bits per heavy atom. The molecular formula is C18H24OS2. The van der Waals surface area contributed by atoms with Crippen molar-refractivity contribution in [3.8, 4) is 0 Å². The second kappa shape index (κ2) is 6.05. The van der Waals surface area contributed by atoms with E-state index < -0.39 is 0 Å². The molecule has 0 spiro atoms. The number of hydrogen-bond acceptors (Lipinski definition) is 3. The number of ketones is 1. The van der Waals surface area contributed by atoms with Crippen LogP contribution in [0.4, 0.5) is 0 Å². The van der Waals surface area contributed by atoms with Crippen LogP contribution in [0.1, 0.15) is 67.6 Å². The van der Waals surface area contributed by atoms with Crippen molar-refractivity contribution >= 4 is 28.5 Å². The molecule has 0 bridgehead atoms. The highest BCUT2D eigenvalue weighted by molar-refractivity contribution is 7.12. The Balaban J connectivity index is 2.14. The molecule has 21 heavy (non-hydrogen) atoms. The monoisotopic (exact) mass is 320 g/mol. The topological polar surface area (TPSA) is 17.1 Å². The van der Waals surface area contributed by atoms with E-state index in [9.17, 15) is 4.79 Å². The van der Waals surface area contributed by atoms with Crippen LogP contribution in [0.3, 0.4) is 0 Å². The van der Waals surface area contributed by atoms with E-state index >= 15 is 0 Å². The van der Waals surface area contributed by atoms with Crippen LogP contribution in [0.15, 0.2) is 29.0 Å². The van der Waals surface area contributed by atoms with E-state index in [1.165, 1.54) is 10.4 Å². The van der Waals surface area contributed by atoms with Gasteiger partial charge in [-0.25, -0.2) is 0 Å². The maximum absolute atomic E-state index is 11.8. The highest BCUT2D eigenvalue weighted by Gasteiger charge is 2.30. The number of Topliss-reactive ketones (excluding diaryl/α,β-unsaturated/α-hetero) is 1. The Labute approximate surface area is 136 Å². The summed E-state index contributed by atoms with van der Waals surface area (Å²) < 4.78 is 0. The van der Waals surface area contributed by atoms with Gasteiger partial charge in [0.05, 0.1) is 4.88 Å². The van der Waals surface area contributed by atoms with Gasteiger partial charge in [0.1, 0.15) is 0 Å². The van der Waals surface area contributed by atoms with Crippen molar-refractivity contribution in [2.45, 2.75) is 58.3 Å². The zero-order valence-electron chi connectivity index (χ0n) is 13.5. The van der Waals surface area contributed by atoms with Crippen molar-refractivity contribution in [3.05, 3.63) is 44.3 Å². The Morgan fingerprint density at radius 3 is 2.24 bits per heavy atom. The molecule has 0 fully saturated rings. The van der Waals surface area contributed by atoms with Crippen LogP contribution in [-0.2, 0) is 10.8 Å². The Hall–Kier alpha value is -0.930. The third-order valence-electron chi connectivity index (χ3n) is 4.28. The predicted molar refractivity (Wildman–Crippen MR) is 93.9 cm³/mol. The van der Waals surface area contributed by atoms with Crippen LogP contribution in [-0.4, -0.2) is 5.78 Å². The zero-order valence-corrected chi connectivity index (χ0v) is 15.2. The van der Waals surface area contributed by atoms with E-state index in [4.69, 9.17) is 0 Å². The second-order valence-corrected chi connectivity index (χ2v) is 8.83. The van der Waals surface area contributed by atoms with Gasteiger partial charge in [-0.3, -0.25) is 4.79 Å². The highest BCUT2D eigenvalue weighted by atomic mass is 32.1. The number of carbonyl (C=O) groups is 1. The first-order chi connectivity index (χ1) is 9.74. The van der Waals surface area contributed by atoms with E-state index in [1.807, 2.05) is 16.7 Å². The number of thiophene rings is 2. The van der Waals surface area contributed by atoms with Crippen LogP contribution in [0, 0.1) is 0 Å². The van der Waals surface area contributed by atoms with Crippen LogP contribution < -0.4 is 0 Å². The molecule has 114 valence electrons. The van der Waals surface area contributed by atoms with Gasteiger partial charge in [0, 0.05) is 4.88 Å². The minimum Gasteiger partial charge on any atom is -0.294 e. The van der Waals surface area contributed by atoms with Crippen LogP contribution in [0.25, 0.3) is 0 Å². The molecule has 2 aromatic heterocycles. The van der Waals surface area contributed by atoms with E-state index in [0.717, 1.165) is 17.7 Å². The van der Waals surface area contributed by atoms with Gasteiger partial charge in [0.15, 0.2) is 5.78 Å². The molecule has 2 aromatic rings. The fraction of sp³-hybridized carbons (Fsp3) is 0.500. The lowest BCUT2D eigenvalue weighted by Gasteiger charge is -2.31. The summed E-state index contributed by atoms with van der Waals surface area (Å²) in [6.45, 7) is 10.8. The SMILES string of the molecule is CC(=O)c1sccc1C(C)(C)CCC(C)(C)c1cccs1. The summed E-state index contributed by atoms with van der Waals surface area (Å²) >= 11 is 3.40. The van der Waals surface area contributed by atoms with Gasteiger partial charge in [-0.1, -0.05) is 33.8 Å². The van der Waals surface area contributed by atoms with Crippen LogP contribution >= 0.6 is 22.7 Å². The summed E-state index contributed by atoms with van der Waals surface area (Å²) in [5.41, 5.74) is 1.44. The molecule has 0 N–H and O–H groups in total. The van der Waals surface area contributed by atoms with E-state index in [2.05, 4.69) is 51.3 Å². The minimum absolute atomic E-state index is 0.0372. The first kappa shape index (κ1) is 16.4. The predicted octanol–water partition coefficient (Wildman–Crippen LogP) is 6.05. The normalized spacial score (nSPS) is 12.6. The quantitative estimate of drug-likeness (QED) is 0.592. The molecule has 3 heteroatoms. The van der Waals surface area contributed by atoms with Crippen LogP contribution in [0.5, 0.6) is 0 Å². The van der Waals surface area contributed by atoms with Crippen molar-refractivity contribution in [2.75, 3.05) is 0 Å².